The number of aldehydes is 1. The van der Waals surface area contributed by atoms with Crippen molar-refractivity contribution in [3.63, 3.8) is 0 Å². The first kappa shape index (κ1) is 9.55. The molecule has 0 aromatic rings. The van der Waals surface area contributed by atoms with Crippen LogP contribution in [0.25, 0.3) is 0 Å². The largest absolute Gasteiger partial charge is 0.393 e. The van der Waals surface area contributed by atoms with Gasteiger partial charge in [-0.3, -0.25) is 0 Å². The molecule has 0 fully saturated rings. The molecule has 60 valence electrons. The second-order valence-electron chi connectivity index (χ2n) is 2.28. The molecule has 0 rings (SSSR count). The minimum atomic E-state index is -1.38. The van der Waals surface area contributed by atoms with Gasteiger partial charge in [0, 0.05) is 6.42 Å². The molecule has 10 heavy (non-hydrogen) atoms. The van der Waals surface area contributed by atoms with Gasteiger partial charge in [-0.1, -0.05) is 0 Å². The number of hydrogen-bond acceptors (Lipinski definition) is 4. The van der Waals surface area contributed by atoms with Crippen molar-refractivity contribution in [2.45, 2.75) is 31.7 Å². The summed E-state index contributed by atoms with van der Waals surface area (Å²) in [5.41, 5.74) is 0. The van der Waals surface area contributed by atoms with Crippen LogP contribution >= 0.6 is 0 Å². The van der Waals surface area contributed by atoms with Crippen LogP contribution in [0.5, 0.6) is 0 Å². The number of aliphatic hydroxyl groups excluding tert-OH is 3. The molecule has 4 nitrogen and oxygen atoms in total. The topological polar surface area (TPSA) is 77.8 Å². The first-order valence-electron chi connectivity index (χ1n) is 3.07. The lowest BCUT2D eigenvalue weighted by molar-refractivity contribution is -0.121. The average Bonchev–Trinajstić information content (AvgIpc) is 1.85. The van der Waals surface area contributed by atoms with E-state index in [9.17, 15) is 4.79 Å². The van der Waals surface area contributed by atoms with Gasteiger partial charge >= 0.3 is 0 Å². The van der Waals surface area contributed by atoms with E-state index in [-0.39, 0.29) is 12.7 Å². The van der Waals surface area contributed by atoms with Crippen LogP contribution in [0, 0.1) is 0 Å². The summed E-state index contributed by atoms with van der Waals surface area (Å²) in [6, 6.07) is 0. The normalized spacial score (nSPS) is 19.6. The molecule has 0 radical (unpaired) electrons. The van der Waals surface area contributed by atoms with Gasteiger partial charge in [0.25, 0.3) is 0 Å². The lowest BCUT2D eigenvalue weighted by atomic mass is 10.1. The molecule has 0 aliphatic rings. The molecule has 0 amide bonds. The molecule has 3 N–H and O–H groups in total. The Labute approximate surface area is 59.1 Å². The minimum Gasteiger partial charge on any atom is -0.393 e. The van der Waals surface area contributed by atoms with Crippen molar-refractivity contribution < 1.29 is 20.1 Å². The highest BCUT2D eigenvalue weighted by Crippen LogP contribution is 2.00. The van der Waals surface area contributed by atoms with Crippen molar-refractivity contribution in [2.75, 3.05) is 0 Å². The van der Waals surface area contributed by atoms with Crippen LogP contribution in [-0.4, -0.2) is 39.9 Å². The van der Waals surface area contributed by atoms with Gasteiger partial charge in [0.2, 0.25) is 0 Å². The molecule has 0 bridgehead atoms. The zero-order valence-electron chi connectivity index (χ0n) is 5.77. The van der Waals surface area contributed by atoms with E-state index in [0.717, 1.165) is 0 Å². The Morgan fingerprint density at radius 3 is 2.20 bits per heavy atom. The first-order valence-corrected chi connectivity index (χ1v) is 3.07. The number of aliphatic hydroxyl groups is 3. The molecule has 3 atom stereocenters. The molecule has 0 saturated heterocycles. The van der Waals surface area contributed by atoms with Crippen molar-refractivity contribution in [1.82, 2.24) is 0 Å². The fourth-order valence-corrected chi connectivity index (χ4v) is 0.580. The van der Waals surface area contributed by atoms with E-state index >= 15 is 0 Å². The third kappa shape index (κ3) is 3.55. The van der Waals surface area contributed by atoms with E-state index in [0.29, 0.717) is 0 Å². The summed E-state index contributed by atoms with van der Waals surface area (Å²) in [5, 5.41) is 26.2. The van der Waals surface area contributed by atoms with Gasteiger partial charge in [0.1, 0.15) is 6.10 Å². The van der Waals surface area contributed by atoms with Crippen molar-refractivity contribution in [3.05, 3.63) is 0 Å². The number of carbonyl (C=O) groups excluding carboxylic acids is 1. The van der Waals surface area contributed by atoms with Crippen molar-refractivity contribution >= 4 is 6.29 Å². The first-order chi connectivity index (χ1) is 4.57. The van der Waals surface area contributed by atoms with Gasteiger partial charge in [-0.15, -0.1) is 0 Å². The van der Waals surface area contributed by atoms with Crippen LogP contribution in [0.3, 0.4) is 0 Å². The van der Waals surface area contributed by atoms with E-state index in [1.807, 2.05) is 0 Å². The summed E-state index contributed by atoms with van der Waals surface area (Å²) in [6.07, 6.45) is -2.98. The molecule has 0 saturated carbocycles. The van der Waals surface area contributed by atoms with Crippen LogP contribution in [0.15, 0.2) is 0 Å². The molecule has 0 aromatic heterocycles. The minimum absolute atomic E-state index is 0.0138. The maximum absolute atomic E-state index is 9.84. The fraction of sp³-hybridized carbons (Fsp3) is 0.833. The van der Waals surface area contributed by atoms with E-state index in [1.54, 1.807) is 0 Å². The summed E-state index contributed by atoms with van der Waals surface area (Å²) < 4.78 is 0. The molecular formula is C6H12O4. The summed E-state index contributed by atoms with van der Waals surface area (Å²) in [4.78, 5) is 9.84. The Balaban J connectivity index is 3.60. The molecule has 0 spiro atoms. The quantitative estimate of drug-likeness (QED) is 0.432. The van der Waals surface area contributed by atoms with Crippen LogP contribution in [0.1, 0.15) is 13.3 Å². The second-order valence-corrected chi connectivity index (χ2v) is 2.28. The molecule has 0 heterocycles. The maximum atomic E-state index is 9.84. The van der Waals surface area contributed by atoms with Crippen LogP contribution in [0.4, 0.5) is 0 Å². The number of carbonyl (C=O) groups is 1. The molecule has 0 aliphatic heterocycles. The highest BCUT2D eigenvalue weighted by molar-refractivity contribution is 5.56. The number of hydrogen-bond donors (Lipinski definition) is 3. The third-order valence-electron chi connectivity index (χ3n) is 1.12. The summed E-state index contributed by atoms with van der Waals surface area (Å²) in [6.45, 7) is 1.47. The maximum Gasteiger partial charge on any atom is 0.151 e. The Morgan fingerprint density at radius 2 is 1.90 bits per heavy atom. The van der Waals surface area contributed by atoms with Crippen molar-refractivity contribution in [1.29, 1.82) is 0 Å². The van der Waals surface area contributed by atoms with Gasteiger partial charge in [0.05, 0.1) is 12.2 Å². The Kier molecular flexibility index (Phi) is 4.18. The zero-order valence-corrected chi connectivity index (χ0v) is 5.77. The van der Waals surface area contributed by atoms with Gasteiger partial charge in [-0.2, -0.15) is 0 Å². The van der Waals surface area contributed by atoms with Gasteiger partial charge in [0.15, 0.2) is 6.29 Å². The fourth-order valence-electron chi connectivity index (χ4n) is 0.580. The molecule has 4 heteroatoms. The van der Waals surface area contributed by atoms with Gasteiger partial charge in [-0.05, 0) is 6.92 Å². The molecule has 0 aromatic carbocycles. The van der Waals surface area contributed by atoms with Gasteiger partial charge < -0.3 is 20.1 Å². The van der Waals surface area contributed by atoms with E-state index in [2.05, 4.69) is 0 Å². The standard InChI is InChI=1S/C6H12O4/c1-4(8)2-5(9)6(10)3-7/h3-6,8-10H,2H2,1H3/t4-,5+,6-/m0/s1. The molecule has 0 unspecified atom stereocenters. The monoisotopic (exact) mass is 148 g/mol. The Bertz CT molecular complexity index is 102. The summed E-state index contributed by atoms with van der Waals surface area (Å²) in [7, 11) is 0. The van der Waals surface area contributed by atoms with Crippen LogP contribution in [0.2, 0.25) is 0 Å². The van der Waals surface area contributed by atoms with Crippen LogP contribution in [-0.2, 0) is 4.79 Å². The SMILES string of the molecule is C[C@H](O)C[C@@H](O)[C@@H](O)C=O. The van der Waals surface area contributed by atoms with E-state index in [1.165, 1.54) is 6.92 Å². The van der Waals surface area contributed by atoms with Crippen molar-refractivity contribution in [2.24, 2.45) is 0 Å². The highest BCUT2D eigenvalue weighted by atomic mass is 16.3. The van der Waals surface area contributed by atoms with Gasteiger partial charge in [-0.25, -0.2) is 0 Å². The number of rotatable bonds is 4. The van der Waals surface area contributed by atoms with E-state index < -0.39 is 18.3 Å². The summed E-state index contributed by atoms with van der Waals surface area (Å²) in [5.74, 6) is 0. The summed E-state index contributed by atoms with van der Waals surface area (Å²) >= 11 is 0. The molecule has 0 aliphatic carbocycles. The average molecular weight is 148 g/mol. The zero-order chi connectivity index (χ0) is 8.15. The lowest BCUT2D eigenvalue weighted by Gasteiger charge is -2.13. The van der Waals surface area contributed by atoms with Crippen molar-refractivity contribution in [3.8, 4) is 0 Å². The second kappa shape index (κ2) is 4.38. The predicted octanol–water partition coefficient (Wildman–Crippen LogP) is -1.32. The molecular weight excluding hydrogens is 136 g/mol. The lowest BCUT2D eigenvalue weighted by Crippen LogP contribution is -2.30. The third-order valence-corrected chi connectivity index (χ3v) is 1.12. The Morgan fingerprint density at radius 1 is 1.40 bits per heavy atom. The van der Waals surface area contributed by atoms with E-state index in [4.69, 9.17) is 15.3 Å². The smallest absolute Gasteiger partial charge is 0.151 e. The predicted molar refractivity (Wildman–Crippen MR) is 34.4 cm³/mol. The van der Waals surface area contributed by atoms with Crippen LogP contribution < -0.4 is 0 Å². The highest BCUT2D eigenvalue weighted by Gasteiger charge is 2.16. The Hall–Kier alpha value is -0.450.